The van der Waals surface area contributed by atoms with Gasteiger partial charge >= 0.3 is 11.9 Å². The Morgan fingerprint density at radius 3 is 2.38 bits per heavy atom. The van der Waals surface area contributed by atoms with Gasteiger partial charge in [-0.3, -0.25) is 4.79 Å². The molecular formula is C32H48O5. The molecule has 0 aromatic heterocycles. The van der Waals surface area contributed by atoms with Gasteiger partial charge in [0.15, 0.2) is 0 Å². The predicted molar refractivity (Wildman–Crippen MR) is 148 cm³/mol. The second-order valence-electron chi connectivity index (χ2n) is 12.4. The summed E-state index contributed by atoms with van der Waals surface area (Å²) >= 11 is 0. The molecule has 4 unspecified atom stereocenters. The van der Waals surface area contributed by atoms with Crippen molar-refractivity contribution in [3.8, 4) is 0 Å². The first kappa shape index (κ1) is 29.4. The molecule has 0 aliphatic heterocycles. The van der Waals surface area contributed by atoms with Gasteiger partial charge in [0.2, 0.25) is 0 Å². The number of esters is 2. The minimum absolute atomic E-state index is 0.0732. The van der Waals surface area contributed by atoms with Crippen LogP contribution in [0.1, 0.15) is 115 Å². The average molecular weight is 513 g/mol. The lowest BCUT2D eigenvalue weighted by atomic mass is 9.82. The summed E-state index contributed by atoms with van der Waals surface area (Å²) in [5.41, 5.74) is 2.43. The minimum Gasteiger partial charge on any atom is -0.465 e. The third-order valence-corrected chi connectivity index (χ3v) is 7.85. The minimum atomic E-state index is -0.745. The molecule has 4 atom stereocenters. The van der Waals surface area contributed by atoms with Crippen LogP contribution in [-0.4, -0.2) is 35.9 Å². The molecule has 5 nitrogen and oxygen atoms in total. The Hall–Kier alpha value is -2.14. The molecule has 37 heavy (non-hydrogen) atoms. The number of carbonyl (C=O) groups is 2. The Morgan fingerprint density at radius 2 is 1.76 bits per heavy atom. The van der Waals surface area contributed by atoms with Crippen molar-refractivity contribution in [1.82, 2.24) is 0 Å². The largest absolute Gasteiger partial charge is 0.465 e. The van der Waals surface area contributed by atoms with Gasteiger partial charge in [-0.2, -0.15) is 0 Å². The standard InChI is InChI=1S/C32H48O5/c1-5-9-27(21-32(2,3)4)31(35)36-22-24-14-18-29(28(33)20-24)37-30(34)19-15-23-12-16-26(17-13-23)25-10-7-6-8-11-25/h12-13,15-17,19,24-25,27-29,33H,5-11,14,18,20-22H2,1-4H3/b19-15+. The third-order valence-electron chi connectivity index (χ3n) is 7.85. The number of aliphatic hydroxyl groups is 1. The maximum Gasteiger partial charge on any atom is 0.331 e. The molecule has 0 spiro atoms. The van der Waals surface area contributed by atoms with Crippen molar-refractivity contribution in [2.75, 3.05) is 6.61 Å². The van der Waals surface area contributed by atoms with E-state index in [1.165, 1.54) is 43.7 Å². The molecule has 0 radical (unpaired) electrons. The van der Waals surface area contributed by atoms with E-state index >= 15 is 0 Å². The number of hydrogen-bond donors (Lipinski definition) is 1. The fourth-order valence-electron chi connectivity index (χ4n) is 5.87. The summed E-state index contributed by atoms with van der Waals surface area (Å²) in [6, 6.07) is 8.46. The topological polar surface area (TPSA) is 72.8 Å². The van der Waals surface area contributed by atoms with Gasteiger partial charge in [0.25, 0.3) is 0 Å². The van der Waals surface area contributed by atoms with E-state index in [-0.39, 0.29) is 23.2 Å². The van der Waals surface area contributed by atoms with Crippen LogP contribution in [0.25, 0.3) is 6.08 Å². The third kappa shape index (κ3) is 9.92. The Labute approximate surface area is 224 Å². The van der Waals surface area contributed by atoms with Gasteiger partial charge in [-0.15, -0.1) is 0 Å². The number of rotatable bonds is 10. The van der Waals surface area contributed by atoms with Gasteiger partial charge in [-0.1, -0.05) is 77.6 Å². The number of hydrogen-bond acceptors (Lipinski definition) is 5. The Kier molecular flexibility index (Phi) is 11.2. The zero-order valence-electron chi connectivity index (χ0n) is 23.4. The highest BCUT2D eigenvalue weighted by molar-refractivity contribution is 5.87. The summed E-state index contributed by atoms with van der Waals surface area (Å²) in [5.74, 6) is 0.108. The SMILES string of the molecule is CCCC(CC(C)(C)C)C(=O)OCC1CCC(OC(=O)/C=C/c2ccc(C3CCCCC3)cc2)C(O)C1. The fraction of sp³-hybridized carbons (Fsp3) is 0.688. The zero-order chi connectivity index (χ0) is 26.8. The van der Waals surface area contributed by atoms with Crippen LogP contribution in [0, 0.1) is 17.3 Å². The molecule has 0 heterocycles. The molecule has 2 aliphatic rings. The van der Waals surface area contributed by atoms with E-state index < -0.39 is 18.2 Å². The van der Waals surface area contributed by atoms with Crippen LogP contribution < -0.4 is 0 Å². The van der Waals surface area contributed by atoms with Gasteiger partial charge in [-0.25, -0.2) is 4.79 Å². The summed E-state index contributed by atoms with van der Waals surface area (Å²) in [4.78, 5) is 25.1. The van der Waals surface area contributed by atoms with Crippen LogP contribution in [0.15, 0.2) is 30.3 Å². The molecule has 0 amide bonds. The van der Waals surface area contributed by atoms with Crippen molar-refractivity contribution in [1.29, 1.82) is 0 Å². The van der Waals surface area contributed by atoms with Crippen LogP contribution >= 0.6 is 0 Å². The monoisotopic (exact) mass is 512 g/mol. The van der Waals surface area contributed by atoms with Crippen LogP contribution in [0.3, 0.4) is 0 Å². The molecule has 2 saturated carbocycles. The highest BCUT2D eigenvalue weighted by Gasteiger charge is 2.33. The molecule has 2 fully saturated rings. The van der Waals surface area contributed by atoms with Crippen molar-refractivity contribution >= 4 is 18.0 Å². The Bertz CT molecular complexity index is 875. The predicted octanol–water partition coefficient (Wildman–Crippen LogP) is 7.22. The molecule has 1 N–H and O–H groups in total. The summed E-state index contributed by atoms with van der Waals surface area (Å²) in [6.07, 6.45) is 12.8. The normalized spacial score (nSPS) is 24.1. The van der Waals surface area contributed by atoms with E-state index in [2.05, 4.69) is 52.0 Å². The zero-order valence-corrected chi connectivity index (χ0v) is 23.4. The second kappa shape index (κ2) is 14.1. The first-order chi connectivity index (χ1) is 17.6. The van der Waals surface area contributed by atoms with Crippen LogP contribution in [0.2, 0.25) is 0 Å². The number of aliphatic hydroxyl groups excluding tert-OH is 1. The quantitative estimate of drug-likeness (QED) is 0.265. The summed E-state index contributed by atoms with van der Waals surface area (Å²) in [6.45, 7) is 8.84. The first-order valence-corrected chi connectivity index (χ1v) is 14.5. The Morgan fingerprint density at radius 1 is 1.05 bits per heavy atom. The number of ether oxygens (including phenoxy) is 2. The Balaban J connectivity index is 1.41. The highest BCUT2D eigenvalue weighted by Crippen LogP contribution is 2.33. The van der Waals surface area contributed by atoms with Crippen LogP contribution in [0.4, 0.5) is 0 Å². The molecule has 3 rings (SSSR count). The fourth-order valence-corrected chi connectivity index (χ4v) is 5.87. The maximum atomic E-state index is 12.7. The van der Waals surface area contributed by atoms with Crippen molar-refractivity contribution < 1.29 is 24.2 Å². The molecular weight excluding hydrogens is 464 g/mol. The van der Waals surface area contributed by atoms with E-state index in [1.807, 2.05) is 0 Å². The van der Waals surface area contributed by atoms with Gasteiger partial charge in [0.1, 0.15) is 6.10 Å². The summed E-state index contributed by atoms with van der Waals surface area (Å²) in [7, 11) is 0. The van der Waals surface area contributed by atoms with Crippen LogP contribution in [-0.2, 0) is 19.1 Å². The van der Waals surface area contributed by atoms with E-state index in [0.29, 0.717) is 25.4 Å². The lowest BCUT2D eigenvalue weighted by molar-refractivity contribution is -0.156. The van der Waals surface area contributed by atoms with E-state index in [9.17, 15) is 14.7 Å². The van der Waals surface area contributed by atoms with Crippen molar-refractivity contribution in [3.63, 3.8) is 0 Å². The lowest BCUT2D eigenvalue weighted by Gasteiger charge is -2.32. The van der Waals surface area contributed by atoms with Gasteiger partial charge in [0.05, 0.1) is 18.6 Å². The smallest absolute Gasteiger partial charge is 0.331 e. The molecule has 5 heteroatoms. The maximum absolute atomic E-state index is 12.7. The lowest BCUT2D eigenvalue weighted by Crippen LogP contribution is -2.38. The van der Waals surface area contributed by atoms with Crippen LogP contribution in [0.5, 0.6) is 0 Å². The van der Waals surface area contributed by atoms with Gasteiger partial charge in [0, 0.05) is 6.08 Å². The van der Waals surface area contributed by atoms with Crippen molar-refractivity contribution in [3.05, 3.63) is 41.5 Å². The summed E-state index contributed by atoms with van der Waals surface area (Å²) < 4.78 is 11.2. The van der Waals surface area contributed by atoms with Gasteiger partial charge in [-0.05, 0) is 79.4 Å². The summed E-state index contributed by atoms with van der Waals surface area (Å²) in [5, 5.41) is 10.6. The van der Waals surface area contributed by atoms with E-state index in [1.54, 1.807) is 6.08 Å². The average Bonchev–Trinajstić information content (AvgIpc) is 2.87. The first-order valence-electron chi connectivity index (χ1n) is 14.5. The molecule has 206 valence electrons. The number of carbonyl (C=O) groups excluding carboxylic acids is 2. The van der Waals surface area contributed by atoms with Gasteiger partial charge < -0.3 is 14.6 Å². The van der Waals surface area contributed by atoms with Crippen molar-refractivity contribution in [2.24, 2.45) is 17.3 Å². The molecule has 0 bridgehead atoms. The second-order valence-corrected chi connectivity index (χ2v) is 12.4. The molecule has 2 aliphatic carbocycles. The van der Waals surface area contributed by atoms with Crippen molar-refractivity contribution in [2.45, 2.75) is 116 Å². The van der Waals surface area contributed by atoms with E-state index in [0.717, 1.165) is 31.2 Å². The number of benzene rings is 1. The molecule has 1 aromatic carbocycles. The molecule has 1 aromatic rings. The van der Waals surface area contributed by atoms with E-state index in [4.69, 9.17) is 9.47 Å². The highest BCUT2D eigenvalue weighted by atomic mass is 16.6. The molecule has 0 saturated heterocycles.